The zero-order valence-electron chi connectivity index (χ0n) is 16.4. The highest BCUT2D eigenvalue weighted by Gasteiger charge is 1.99. The molecule has 1 nitrogen and oxygen atoms in total. The summed E-state index contributed by atoms with van der Waals surface area (Å²) in [5.41, 5.74) is 3.97. The summed E-state index contributed by atoms with van der Waals surface area (Å²) in [5.74, 6) is 0. The number of unbranched alkanes of at least 4 members (excludes halogenated alkanes) is 9. The van der Waals surface area contributed by atoms with E-state index >= 15 is 0 Å². The fourth-order valence-corrected chi connectivity index (χ4v) is 3.35. The number of aryl methyl sites for hydroxylation is 1. The maximum Gasteiger partial charge on any atom is 0.0447 e. The summed E-state index contributed by atoms with van der Waals surface area (Å²) < 4.78 is 0. The molecule has 1 aromatic carbocycles. The van der Waals surface area contributed by atoms with Crippen LogP contribution in [0.5, 0.6) is 0 Å². The molecule has 0 aliphatic carbocycles. The first-order valence-electron chi connectivity index (χ1n) is 10.4. The fraction of sp³-hybridized carbons (Fsp3) is 0.542. The first-order valence-corrected chi connectivity index (χ1v) is 10.4. The van der Waals surface area contributed by atoms with Crippen LogP contribution in [0.1, 0.15) is 88.0 Å². The zero-order chi connectivity index (χ0) is 17.6. The van der Waals surface area contributed by atoms with Gasteiger partial charge in [-0.15, -0.1) is 0 Å². The molecule has 0 radical (unpaired) electrons. The van der Waals surface area contributed by atoms with Gasteiger partial charge < -0.3 is 12.4 Å². The molecular formula is C24H35ClN-. The Morgan fingerprint density at radius 3 is 1.81 bits per heavy atom. The van der Waals surface area contributed by atoms with Gasteiger partial charge in [-0.3, -0.25) is 4.98 Å². The highest BCUT2D eigenvalue weighted by molar-refractivity contribution is 5.26. The number of nitrogens with zero attached hydrogens (tertiary/aromatic N) is 1. The molecule has 0 atom stereocenters. The molecule has 1 heterocycles. The van der Waals surface area contributed by atoms with E-state index in [0.29, 0.717) is 0 Å². The van der Waals surface area contributed by atoms with Gasteiger partial charge >= 0.3 is 0 Å². The molecule has 0 spiro atoms. The third kappa shape index (κ3) is 9.97. The van der Waals surface area contributed by atoms with Crippen molar-refractivity contribution in [3.05, 3.63) is 65.5 Å². The number of hydrogen-bond donors (Lipinski definition) is 0. The van der Waals surface area contributed by atoms with Crippen LogP contribution in [0.4, 0.5) is 0 Å². The second-order valence-electron chi connectivity index (χ2n) is 7.25. The summed E-state index contributed by atoms with van der Waals surface area (Å²) in [5, 5.41) is 0. The number of rotatable bonds is 13. The van der Waals surface area contributed by atoms with Gasteiger partial charge in [0.1, 0.15) is 0 Å². The molecule has 0 aliphatic heterocycles. The van der Waals surface area contributed by atoms with Gasteiger partial charge in [0.2, 0.25) is 0 Å². The molecule has 0 N–H and O–H groups in total. The number of benzene rings is 1. The van der Waals surface area contributed by atoms with E-state index in [9.17, 15) is 0 Å². The number of pyridine rings is 1. The van der Waals surface area contributed by atoms with Crippen LogP contribution in [-0.2, 0) is 12.8 Å². The fourth-order valence-electron chi connectivity index (χ4n) is 3.35. The highest BCUT2D eigenvalue weighted by Crippen LogP contribution is 2.14. The van der Waals surface area contributed by atoms with Crippen LogP contribution in [0.2, 0.25) is 0 Å². The maximum absolute atomic E-state index is 4.40. The summed E-state index contributed by atoms with van der Waals surface area (Å²) >= 11 is 0. The Balaban J connectivity index is 0.00000338. The number of halogens is 1. The number of hydrogen-bond acceptors (Lipinski definition) is 1. The van der Waals surface area contributed by atoms with Crippen molar-refractivity contribution in [3.63, 3.8) is 0 Å². The van der Waals surface area contributed by atoms with Crippen LogP contribution in [0, 0.1) is 0 Å². The quantitative estimate of drug-likeness (QED) is 0.481. The first kappa shape index (κ1) is 22.7. The van der Waals surface area contributed by atoms with Crippen molar-refractivity contribution in [1.82, 2.24) is 4.98 Å². The van der Waals surface area contributed by atoms with Crippen molar-refractivity contribution in [2.24, 2.45) is 0 Å². The van der Waals surface area contributed by atoms with Crippen molar-refractivity contribution in [3.8, 4) is 0 Å². The Bertz CT molecular complexity index is 550. The topological polar surface area (TPSA) is 12.9 Å². The molecule has 2 rings (SSSR count). The van der Waals surface area contributed by atoms with E-state index in [1.165, 1.54) is 81.8 Å². The highest BCUT2D eigenvalue weighted by atomic mass is 35.5. The first-order chi connectivity index (χ1) is 12.4. The Kier molecular flexibility index (Phi) is 12.9. The van der Waals surface area contributed by atoms with Crippen LogP contribution in [0.15, 0.2) is 48.7 Å². The van der Waals surface area contributed by atoms with Gasteiger partial charge in [-0.1, -0.05) is 95.0 Å². The van der Waals surface area contributed by atoms with Gasteiger partial charge in [-0.2, -0.15) is 0 Å². The van der Waals surface area contributed by atoms with Crippen LogP contribution < -0.4 is 12.4 Å². The monoisotopic (exact) mass is 372 g/mol. The molecular weight excluding hydrogens is 338 g/mol. The smallest absolute Gasteiger partial charge is 0.0447 e. The Morgan fingerprint density at radius 1 is 0.654 bits per heavy atom. The van der Waals surface area contributed by atoms with Crippen molar-refractivity contribution < 1.29 is 12.4 Å². The van der Waals surface area contributed by atoms with E-state index < -0.39 is 0 Å². The molecule has 0 unspecified atom stereocenters. The van der Waals surface area contributed by atoms with Crippen molar-refractivity contribution in [2.75, 3.05) is 0 Å². The van der Waals surface area contributed by atoms with Gasteiger partial charge in [0, 0.05) is 18.3 Å². The molecule has 0 saturated carbocycles. The van der Waals surface area contributed by atoms with E-state index in [1.807, 2.05) is 12.3 Å². The summed E-state index contributed by atoms with van der Waals surface area (Å²) in [4.78, 5) is 4.40. The largest absolute Gasteiger partial charge is 1.00 e. The lowest BCUT2D eigenvalue weighted by atomic mass is 10.0. The van der Waals surface area contributed by atoms with E-state index in [-0.39, 0.29) is 12.4 Å². The lowest BCUT2D eigenvalue weighted by molar-refractivity contribution is -0.00000540. The van der Waals surface area contributed by atoms with Gasteiger partial charge in [0.25, 0.3) is 0 Å². The van der Waals surface area contributed by atoms with Gasteiger partial charge in [-0.05, 0) is 36.1 Å². The second kappa shape index (κ2) is 14.8. The van der Waals surface area contributed by atoms with Crippen molar-refractivity contribution >= 4 is 0 Å². The van der Waals surface area contributed by atoms with E-state index in [1.54, 1.807) is 0 Å². The SMILES string of the molecule is CCCCCCCCCCCCc1ccc(Cc2ccccn2)cc1.[Cl-]. The van der Waals surface area contributed by atoms with Gasteiger partial charge in [0.05, 0.1) is 0 Å². The lowest BCUT2D eigenvalue weighted by Crippen LogP contribution is -3.00. The predicted molar refractivity (Wildman–Crippen MR) is 109 cm³/mol. The third-order valence-electron chi connectivity index (χ3n) is 4.95. The standard InChI is InChI=1S/C24H35N.ClH/c1-2-3-4-5-6-7-8-9-10-11-14-22-16-18-23(19-17-22)21-24-15-12-13-20-25-24;/h12-13,15-20H,2-11,14,21H2,1H3;1H/p-1. The predicted octanol–water partition coefficient (Wildman–Crippen LogP) is 4.14. The Labute approximate surface area is 167 Å². The third-order valence-corrected chi connectivity index (χ3v) is 4.95. The van der Waals surface area contributed by atoms with E-state index in [2.05, 4.69) is 48.3 Å². The van der Waals surface area contributed by atoms with Gasteiger partial charge in [0.15, 0.2) is 0 Å². The molecule has 0 aliphatic rings. The normalized spacial score (nSPS) is 10.5. The van der Waals surface area contributed by atoms with Crippen molar-refractivity contribution in [1.29, 1.82) is 0 Å². The second-order valence-corrected chi connectivity index (χ2v) is 7.25. The average molecular weight is 373 g/mol. The zero-order valence-corrected chi connectivity index (χ0v) is 17.2. The van der Waals surface area contributed by atoms with Crippen molar-refractivity contribution in [2.45, 2.75) is 84.0 Å². The lowest BCUT2D eigenvalue weighted by Gasteiger charge is -2.05. The van der Waals surface area contributed by atoms with Crippen LogP contribution in [0.3, 0.4) is 0 Å². The summed E-state index contributed by atoms with van der Waals surface area (Å²) in [6.07, 6.45) is 18.1. The maximum atomic E-state index is 4.40. The van der Waals surface area contributed by atoms with Crippen LogP contribution in [-0.4, -0.2) is 4.98 Å². The summed E-state index contributed by atoms with van der Waals surface area (Å²) in [7, 11) is 0. The molecule has 0 bridgehead atoms. The molecule has 2 heteroatoms. The minimum atomic E-state index is 0. The minimum absolute atomic E-state index is 0. The Hall–Kier alpha value is -1.34. The molecule has 1 aromatic heterocycles. The minimum Gasteiger partial charge on any atom is -1.00 e. The molecule has 2 aromatic rings. The van der Waals surface area contributed by atoms with Crippen LogP contribution in [0.25, 0.3) is 0 Å². The summed E-state index contributed by atoms with van der Waals surface area (Å²) in [6, 6.07) is 15.2. The summed E-state index contributed by atoms with van der Waals surface area (Å²) in [6.45, 7) is 2.29. The molecule has 144 valence electrons. The van der Waals surface area contributed by atoms with Crippen LogP contribution >= 0.6 is 0 Å². The van der Waals surface area contributed by atoms with Gasteiger partial charge in [-0.25, -0.2) is 0 Å². The molecule has 26 heavy (non-hydrogen) atoms. The van der Waals surface area contributed by atoms with E-state index in [4.69, 9.17) is 0 Å². The van der Waals surface area contributed by atoms with E-state index in [0.717, 1.165) is 12.1 Å². The molecule has 0 fully saturated rings. The number of aromatic nitrogens is 1. The Morgan fingerprint density at radius 2 is 1.23 bits per heavy atom. The molecule has 0 saturated heterocycles. The average Bonchev–Trinajstić information content (AvgIpc) is 2.65. The molecule has 0 amide bonds.